The average Bonchev–Trinajstić information content (AvgIpc) is 3.18. The molecule has 0 radical (unpaired) electrons. The van der Waals surface area contributed by atoms with Gasteiger partial charge in [-0.1, -0.05) is 12.1 Å². The van der Waals surface area contributed by atoms with Crippen molar-refractivity contribution in [2.45, 2.75) is 20.0 Å². The van der Waals surface area contributed by atoms with E-state index in [9.17, 15) is 4.79 Å². The van der Waals surface area contributed by atoms with Gasteiger partial charge in [-0.3, -0.25) is 4.79 Å². The van der Waals surface area contributed by atoms with Gasteiger partial charge in [-0.2, -0.15) is 5.10 Å². The molecule has 1 unspecified atom stereocenters. The highest BCUT2D eigenvalue weighted by atomic mass is 16.6. The third-order valence-corrected chi connectivity index (χ3v) is 5.00. The molecular weight excluding hydrogens is 422 g/mol. The second-order valence-electron chi connectivity index (χ2n) is 7.53. The highest BCUT2D eigenvalue weighted by Gasteiger charge is 2.27. The Bertz CT molecular complexity index is 1300. The van der Waals surface area contributed by atoms with E-state index in [1.54, 1.807) is 47.1 Å². The summed E-state index contributed by atoms with van der Waals surface area (Å²) in [7, 11) is 0. The molecule has 0 saturated heterocycles. The molecule has 0 saturated carbocycles. The number of rotatable bonds is 5. The Morgan fingerprint density at radius 3 is 2.61 bits per heavy atom. The standard InChI is InChI=1S/C24H21N5O4/c1-15-11-16(2)29(28-15)22-12-23(26-14-25-22)32-18-9-7-17(8-10-18)27-24(30)21-13-31-19-5-3-4-6-20(19)33-21/h3-12,14,21H,13H2,1-2H3,(H,27,30). The maximum absolute atomic E-state index is 12.6. The van der Waals surface area contributed by atoms with E-state index in [1.165, 1.54) is 6.33 Å². The molecule has 1 N–H and O–H groups in total. The van der Waals surface area contributed by atoms with Crippen LogP contribution in [0.1, 0.15) is 11.4 Å². The van der Waals surface area contributed by atoms with Crippen LogP contribution in [0, 0.1) is 13.8 Å². The Hall–Kier alpha value is -4.40. The molecule has 33 heavy (non-hydrogen) atoms. The van der Waals surface area contributed by atoms with E-state index in [0.717, 1.165) is 11.4 Å². The van der Waals surface area contributed by atoms with Crippen molar-refractivity contribution in [3.8, 4) is 28.9 Å². The number of aromatic nitrogens is 4. The van der Waals surface area contributed by atoms with Gasteiger partial charge in [0.25, 0.3) is 5.91 Å². The molecule has 2 aromatic heterocycles. The van der Waals surface area contributed by atoms with Crippen LogP contribution in [0.25, 0.3) is 5.82 Å². The Morgan fingerprint density at radius 2 is 1.85 bits per heavy atom. The lowest BCUT2D eigenvalue weighted by atomic mass is 10.2. The molecule has 0 fully saturated rings. The van der Waals surface area contributed by atoms with Crippen LogP contribution in [0.15, 0.2) is 67.0 Å². The number of nitrogens with zero attached hydrogens (tertiary/aromatic N) is 4. The van der Waals surface area contributed by atoms with E-state index >= 15 is 0 Å². The fraction of sp³-hybridized carbons (Fsp3) is 0.167. The van der Waals surface area contributed by atoms with Gasteiger partial charge in [-0.25, -0.2) is 14.6 Å². The number of ether oxygens (including phenoxy) is 3. The van der Waals surface area contributed by atoms with Crippen LogP contribution in [0.5, 0.6) is 23.1 Å². The Morgan fingerprint density at radius 1 is 1.06 bits per heavy atom. The van der Waals surface area contributed by atoms with Crippen molar-refractivity contribution in [1.29, 1.82) is 0 Å². The molecule has 166 valence electrons. The second-order valence-corrected chi connectivity index (χ2v) is 7.53. The van der Waals surface area contributed by atoms with Crippen LogP contribution in [0.4, 0.5) is 5.69 Å². The Labute approximate surface area is 190 Å². The summed E-state index contributed by atoms with van der Waals surface area (Å²) < 4.78 is 18.9. The first kappa shape index (κ1) is 20.5. The van der Waals surface area contributed by atoms with E-state index in [0.29, 0.717) is 34.6 Å². The Balaban J connectivity index is 1.23. The maximum atomic E-state index is 12.6. The smallest absolute Gasteiger partial charge is 0.269 e. The summed E-state index contributed by atoms with van der Waals surface area (Å²) in [5, 5.41) is 7.27. The van der Waals surface area contributed by atoms with Crippen LogP contribution in [0.2, 0.25) is 0 Å². The number of hydrogen-bond acceptors (Lipinski definition) is 7. The maximum Gasteiger partial charge on any atom is 0.269 e. The molecular formula is C24H21N5O4. The summed E-state index contributed by atoms with van der Waals surface area (Å²) in [6.07, 6.45) is 0.699. The molecule has 4 aromatic rings. The third-order valence-electron chi connectivity index (χ3n) is 5.00. The van der Waals surface area contributed by atoms with Gasteiger partial charge >= 0.3 is 0 Å². The zero-order chi connectivity index (χ0) is 22.8. The predicted molar refractivity (Wildman–Crippen MR) is 120 cm³/mol. The minimum atomic E-state index is -0.732. The summed E-state index contributed by atoms with van der Waals surface area (Å²) in [5.74, 6) is 2.47. The first-order chi connectivity index (χ1) is 16.0. The van der Waals surface area contributed by atoms with Crippen molar-refractivity contribution in [2.75, 3.05) is 11.9 Å². The van der Waals surface area contributed by atoms with E-state index in [2.05, 4.69) is 20.4 Å². The fourth-order valence-corrected chi connectivity index (χ4v) is 3.46. The largest absolute Gasteiger partial charge is 0.485 e. The molecule has 0 aliphatic carbocycles. The lowest BCUT2D eigenvalue weighted by Gasteiger charge is -2.25. The van der Waals surface area contributed by atoms with Crippen molar-refractivity contribution < 1.29 is 19.0 Å². The molecule has 0 spiro atoms. The summed E-state index contributed by atoms with van der Waals surface area (Å²) >= 11 is 0. The van der Waals surface area contributed by atoms with Crippen LogP contribution in [-0.4, -0.2) is 38.4 Å². The predicted octanol–water partition coefficient (Wildman–Crippen LogP) is 3.85. The van der Waals surface area contributed by atoms with Gasteiger partial charge in [0.2, 0.25) is 12.0 Å². The summed E-state index contributed by atoms with van der Waals surface area (Å²) in [5.41, 5.74) is 2.48. The van der Waals surface area contributed by atoms with Gasteiger partial charge in [0.05, 0.1) is 5.69 Å². The van der Waals surface area contributed by atoms with Gasteiger partial charge in [0.15, 0.2) is 17.3 Å². The second kappa shape index (κ2) is 8.62. The summed E-state index contributed by atoms with van der Waals surface area (Å²) in [4.78, 5) is 21.0. The molecule has 1 atom stereocenters. The molecule has 1 aliphatic rings. The monoisotopic (exact) mass is 443 g/mol. The average molecular weight is 443 g/mol. The van der Waals surface area contributed by atoms with E-state index in [-0.39, 0.29) is 12.5 Å². The number of carbonyl (C=O) groups is 1. The SMILES string of the molecule is Cc1cc(C)n(-c2cc(Oc3ccc(NC(=O)C4COc5ccccc5O4)cc3)ncn2)n1. The first-order valence-electron chi connectivity index (χ1n) is 10.4. The third kappa shape index (κ3) is 4.47. The van der Waals surface area contributed by atoms with Crippen molar-refractivity contribution in [2.24, 2.45) is 0 Å². The Kier molecular flexibility index (Phi) is 5.35. The molecule has 9 heteroatoms. The van der Waals surface area contributed by atoms with Crippen molar-refractivity contribution in [1.82, 2.24) is 19.7 Å². The normalized spacial score (nSPS) is 14.5. The summed E-state index contributed by atoms with van der Waals surface area (Å²) in [6.45, 7) is 4.03. The van der Waals surface area contributed by atoms with Crippen LogP contribution in [0.3, 0.4) is 0 Å². The number of nitrogens with one attached hydrogen (secondary N) is 1. The quantitative estimate of drug-likeness (QED) is 0.500. The lowest BCUT2D eigenvalue weighted by molar-refractivity contribution is -0.125. The number of fused-ring (bicyclic) bond motifs is 1. The number of benzene rings is 2. The number of anilines is 1. The van der Waals surface area contributed by atoms with Crippen molar-refractivity contribution in [3.05, 3.63) is 78.4 Å². The van der Waals surface area contributed by atoms with Gasteiger partial charge in [0, 0.05) is 17.4 Å². The minimum Gasteiger partial charge on any atom is -0.485 e. The molecule has 1 amide bonds. The van der Waals surface area contributed by atoms with Crippen LogP contribution < -0.4 is 19.5 Å². The van der Waals surface area contributed by atoms with Gasteiger partial charge in [-0.15, -0.1) is 0 Å². The zero-order valence-electron chi connectivity index (χ0n) is 18.1. The van der Waals surface area contributed by atoms with Crippen molar-refractivity contribution >= 4 is 11.6 Å². The molecule has 3 heterocycles. The number of amides is 1. The number of carbonyl (C=O) groups excluding carboxylic acids is 1. The fourth-order valence-electron chi connectivity index (χ4n) is 3.46. The molecule has 5 rings (SSSR count). The van der Waals surface area contributed by atoms with Gasteiger partial charge in [-0.05, 0) is 56.3 Å². The molecule has 2 aromatic carbocycles. The topological polar surface area (TPSA) is 100 Å². The minimum absolute atomic E-state index is 0.148. The number of hydrogen-bond donors (Lipinski definition) is 1. The number of aryl methyl sites for hydroxylation is 2. The van der Waals surface area contributed by atoms with Gasteiger partial charge in [0.1, 0.15) is 18.7 Å². The summed E-state index contributed by atoms with van der Waals surface area (Å²) in [6, 6.07) is 17.9. The van der Waals surface area contributed by atoms with E-state index in [4.69, 9.17) is 14.2 Å². The highest BCUT2D eigenvalue weighted by molar-refractivity contribution is 5.94. The molecule has 9 nitrogen and oxygen atoms in total. The lowest BCUT2D eigenvalue weighted by Crippen LogP contribution is -2.40. The molecule has 0 bridgehead atoms. The van der Waals surface area contributed by atoms with E-state index in [1.807, 2.05) is 32.0 Å². The van der Waals surface area contributed by atoms with Crippen LogP contribution in [-0.2, 0) is 4.79 Å². The van der Waals surface area contributed by atoms with E-state index < -0.39 is 6.10 Å². The highest BCUT2D eigenvalue weighted by Crippen LogP contribution is 2.31. The van der Waals surface area contributed by atoms with Gasteiger partial charge < -0.3 is 19.5 Å². The van der Waals surface area contributed by atoms with Crippen molar-refractivity contribution in [3.63, 3.8) is 0 Å². The zero-order valence-corrected chi connectivity index (χ0v) is 18.1. The van der Waals surface area contributed by atoms with Crippen LogP contribution >= 0.6 is 0 Å². The molecule has 1 aliphatic heterocycles. The number of para-hydroxylation sites is 2. The first-order valence-corrected chi connectivity index (χ1v) is 10.4.